The minimum atomic E-state index is -0.676. The largest absolute Gasteiger partial charge is 0.295 e. The lowest BCUT2D eigenvalue weighted by atomic mass is 10.0. The molecule has 1 aliphatic rings. The smallest absolute Gasteiger partial charge is 0.261 e. The quantitative estimate of drug-likeness (QED) is 0.724. The van der Waals surface area contributed by atoms with Gasteiger partial charge in [0.05, 0.1) is 18.0 Å². The topological polar surface area (TPSA) is 88.9 Å². The summed E-state index contributed by atoms with van der Waals surface area (Å²) in [5, 5.41) is 9.92. The number of nitrogens with zero attached hydrogens (tertiary/aromatic N) is 3. The van der Waals surface area contributed by atoms with E-state index in [0.29, 0.717) is 5.02 Å². The Kier molecular flexibility index (Phi) is 4.33. The molecule has 2 amide bonds. The van der Waals surface area contributed by atoms with E-state index in [-0.39, 0.29) is 29.8 Å². The molecule has 1 atom stereocenters. The Balaban J connectivity index is 1.64. The van der Waals surface area contributed by atoms with Crippen LogP contribution in [0.2, 0.25) is 5.02 Å². The Labute approximate surface area is 158 Å². The second kappa shape index (κ2) is 6.81. The third kappa shape index (κ3) is 3.39. The number of carbonyl (C=O) groups is 2. The second-order valence-electron chi connectivity index (χ2n) is 5.96. The van der Waals surface area contributed by atoms with E-state index < -0.39 is 17.8 Å². The molecule has 1 aliphatic heterocycles. The van der Waals surface area contributed by atoms with Crippen molar-refractivity contribution in [3.8, 4) is 0 Å². The van der Waals surface area contributed by atoms with E-state index in [0.717, 1.165) is 5.56 Å². The highest BCUT2D eigenvalue weighted by Gasteiger charge is 2.29. The highest BCUT2D eigenvalue weighted by atomic mass is 35.5. The van der Waals surface area contributed by atoms with Gasteiger partial charge in [-0.15, -0.1) is 5.10 Å². The zero-order valence-corrected chi connectivity index (χ0v) is 14.6. The summed E-state index contributed by atoms with van der Waals surface area (Å²) in [5.41, 5.74) is 0.705. The summed E-state index contributed by atoms with van der Waals surface area (Å²) in [4.78, 5) is 28.4. The molecule has 7 nitrogen and oxygen atoms in total. The normalized spacial score (nSPS) is 15.8. The first-order valence-electron chi connectivity index (χ1n) is 8.09. The maximum absolute atomic E-state index is 13.8. The van der Waals surface area contributed by atoms with Gasteiger partial charge in [-0.3, -0.25) is 20.2 Å². The van der Waals surface area contributed by atoms with Crippen LogP contribution in [0.25, 0.3) is 0 Å². The van der Waals surface area contributed by atoms with Crippen molar-refractivity contribution in [2.75, 3.05) is 10.6 Å². The van der Waals surface area contributed by atoms with Gasteiger partial charge in [0.2, 0.25) is 11.9 Å². The minimum Gasteiger partial charge on any atom is -0.295 e. The van der Waals surface area contributed by atoms with Gasteiger partial charge in [-0.1, -0.05) is 35.9 Å². The molecule has 9 heteroatoms. The van der Waals surface area contributed by atoms with Gasteiger partial charge in [0.1, 0.15) is 5.82 Å². The van der Waals surface area contributed by atoms with Crippen molar-refractivity contribution in [3.63, 3.8) is 0 Å². The number of hydrogen-bond acceptors (Lipinski definition) is 4. The first kappa shape index (κ1) is 17.2. The number of nitrogens with one attached hydrogen (secondary N) is 2. The van der Waals surface area contributed by atoms with Gasteiger partial charge in [0, 0.05) is 5.02 Å². The Bertz CT molecular complexity index is 1030. The summed E-state index contributed by atoms with van der Waals surface area (Å²) in [6, 6.07) is 12.3. The van der Waals surface area contributed by atoms with Crippen LogP contribution in [-0.2, 0) is 4.79 Å². The van der Waals surface area contributed by atoms with Crippen LogP contribution in [0.15, 0.2) is 48.5 Å². The van der Waals surface area contributed by atoms with E-state index in [4.69, 9.17) is 11.6 Å². The lowest BCUT2D eigenvalue weighted by Gasteiger charge is -2.23. The molecule has 0 radical (unpaired) electrons. The average molecular weight is 386 g/mol. The van der Waals surface area contributed by atoms with Crippen molar-refractivity contribution >= 4 is 35.3 Å². The number of rotatable bonds is 3. The third-order valence-corrected chi connectivity index (χ3v) is 4.41. The molecule has 0 aliphatic carbocycles. The Morgan fingerprint density at radius 2 is 1.96 bits per heavy atom. The van der Waals surface area contributed by atoms with Gasteiger partial charge < -0.3 is 0 Å². The first-order valence-corrected chi connectivity index (χ1v) is 8.47. The van der Waals surface area contributed by atoms with E-state index in [1.165, 1.54) is 22.9 Å². The number of halogens is 2. The molecule has 0 saturated heterocycles. The van der Waals surface area contributed by atoms with Crippen LogP contribution >= 0.6 is 11.6 Å². The monoisotopic (exact) mass is 385 g/mol. The lowest BCUT2D eigenvalue weighted by molar-refractivity contribution is -0.117. The number of anilines is 2. The average Bonchev–Trinajstić information content (AvgIpc) is 3.04. The van der Waals surface area contributed by atoms with Gasteiger partial charge in [-0.05, 0) is 29.8 Å². The van der Waals surface area contributed by atoms with Crippen LogP contribution in [0, 0.1) is 5.82 Å². The summed E-state index contributed by atoms with van der Waals surface area (Å²) in [5.74, 6) is -1.37. The van der Waals surface area contributed by atoms with Gasteiger partial charge >= 0.3 is 0 Å². The molecular weight excluding hydrogens is 373 g/mol. The van der Waals surface area contributed by atoms with Gasteiger partial charge in [0.25, 0.3) is 11.9 Å². The zero-order chi connectivity index (χ0) is 19.0. The summed E-state index contributed by atoms with van der Waals surface area (Å²) < 4.78 is 15.3. The fourth-order valence-corrected chi connectivity index (χ4v) is 3.00. The molecule has 1 unspecified atom stereocenters. The van der Waals surface area contributed by atoms with E-state index >= 15 is 0 Å². The molecule has 0 fully saturated rings. The molecule has 27 heavy (non-hydrogen) atoms. The molecule has 0 bridgehead atoms. The van der Waals surface area contributed by atoms with Crippen LogP contribution in [0.3, 0.4) is 0 Å². The van der Waals surface area contributed by atoms with E-state index in [1.54, 1.807) is 30.3 Å². The standard InChI is InChI=1S/C18H13ClFN5O2/c19-11-7-5-10(6-8-11)14-9-15(26)21-18-23-17(24-25(14)18)22-16(27)12-3-1-2-4-13(12)20/h1-8,14H,9H2,(H2,21,22,23,24,26,27). The van der Waals surface area contributed by atoms with E-state index in [9.17, 15) is 14.0 Å². The number of benzene rings is 2. The molecule has 0 spiro atoms. The molecule has 4 rings (SSSR count). The van der Waals surface area contributed by atoms with E-state index in [2.05, 4.69) is 20.7 Å². The van der Waals surface area contributed by atoms with Crippen LogP contribution < -0.4 is 10.6 Å². The number of carbonyl (C=O) groups excluding carboxylic acids is 2. The van der Waals surface area contributed by atoms with Crippen LogP contribution in [-0.4, -0.2) is 26.6 Å². The van der Waals surface area contributed by atoms with Gasteiger partial charge in [-0.2, -0.15) is 4.98 Å². The molecule has 3 aromatic rings. The van der Waals surface area contributed by atoms with Crippen molar-refractivity contribution in [2.45, 2.75) is 12.5 Å². The number of fused-ring (bicyclic) bond motifs is 1. The van der Waals surface area contributed by atoms with Crippen LogP contribution in [0.1, 0.15) is 28.4 Å². The SMILES string of the molecule is O=C1CC(c2ccc(Cl)cc2)n2nc(NC(=O)c3ccccc3F)nc2N1. The van der Waals surface area contributed by atoms with Crippen LogP contribution in [0.4, 0.5) is 16.3 Å². The Morgan fingerprint density at radius 1 is 1.22 bits per heavy atom. The summed E-state index contributed by atoms with van der Waals surface area (Å²) >= 11 is 5.92. The Morgan fingerprint density at radius 3 is 2.70 bits per heavy atom. The number of aromatic nitrogens is 3. The first-order chi connectivity index (χ1) is 13.0. The van der Waals surface area contributed by atoms with Crippen molar-refractivity contribution < 1.29 is 14.0 Å². The second-order valence-corrected chi connectivity index (χ2v) is 6.39. The predicted molar refractivity (Wildman–Crippen MR) is 97.2 cm³/mol. The fraction of sp³-hybridized carbons (Fsp3) is 0.111. The number of amides is 2. The summed E-state index contributed by atoms with van der Waals surface area (Å²) in [7, 11) is 0. The third-order valence-electron chi connectivity index (χ3n) is 4.16. The lowest BCUT2D eigenvalue weighted by Crippen LogP contribution is -2.29. The maximum Gasteiger partial charge on any atom is 0.261 e. The molecule has 1 aromatic heterocycles. The Hall–Kier alpha value is -3.26. The van der Waals surface area contributed by atoms with Gasteiger partial charge in [0.15, 0.2) is 0 Å². The molecule has 0 saturated carbocycles. The highest BCUT2D eigenvalue weighted by molar-refractivity contribution is 6.30. The minimum absolute atomic E-state index is 0.0283. The molecule has 2 aromatic carbocycles. The maximum atomic E-state index is 13.8. The fourth-order valence-electron chi connectivity index (χ4n) is 2.87. The summed E-state index contributed by atoms with van der Waals surface area (Å²) in [6.07, 6.45) is 0.165. The predicted octanol–water partition coefficient (Wildman–Crippen LogP) is 3.25. The van der Waals surface area contributed by atoms with Crippen molar-refractivity contribution in [2.24, 2.45) is 0 Å². The molecule has 2 N–H and O–H groups in total. The van der Waals surface area contributed by atoms with E-state index in [1.807, 2.05) is 0 Å². The van der Waals surface area contributed by atoms with Crippen molar-refractivity contribution in [1.82, 2.24) is 14.8 Å². The zero-order valence-electron chi connectivity index (χ0n) is 13.8. The van der Waals surface area contributed by atoms with Crippen LogP contribution in [0.5, 0.6) is 0 Å². The van der Waals surface area contributed by atoms with Gasteiger partial charge in [-0.25, -0.2) is 9.07 Å². The summed E-state index contributed by atoms with van der Waals surface area (Å²) in [6.45, 7) is 0. The highest BCUT2D eigenvalue weighted by Crippen LogP contribution is 2.30. The van der Waals surface area contributed by atoms with Crippen molar-refractivity contribution in [1.29, 1.82) is 0 Å². The van der Waals surface area contributed by atoms with Crippen molar-refractivity contribution in [3.05, 3.63) is 70.5 Å². The number of hydrogen-bond donors (Lipinski definition) is 2. The molecular formula is C18H13ClFN5O2. The molecule has 2 heterocycles. The molecule has 136 valence electrons.